The molecule has 1 amide bonds. The number of primary amides is 1. The number of nitrogens with zero attached hydrogens (tertiary/aromatic N) is 2. The van der Waals surface area contributed by atoms with Gasteiger partial charge in [-0.2, -0.15) is 0 Å². The molecule has 2 heterocycles. The minimum Gasteiger partial charge on any atom is -0.494 e. The van der Waals surface area contributed by atoms with E-state index in [1.807, 2.05) is 24.3 Å². The minimum absolute atomic E-state index is 0.373. The predicted molar refractivity (Wildman–Crippen MR) is 124 cm³/mol. The molecule has 2 aliphatic heterocycles. The highest BCUT2D eigenvalue weighted by Gasteiger charge is 2.23. The Hall–Kier alpha value is -2.37. The van der Waals surface area contributed by atoms with Crippen LogP contribution in [0, 0.1) is 0 Å². The van der Waals surface area contributed by atoms with E-state index in [1.165, 1.54) is 43.4 Å². The molecule has 0 aliphatic carbocycles. The standard InChI is InChI=1S/C26H35N3O2/c27-26(30)23-11-8-22(9-12-23)20-28-14-4-18-31-25-7-3-5-21(19-25)10-13-24-6-1-2-15-29(24)17-16-28/h3,5,7-9,11-12,19,24H,1-2,4,6,10,13-18,20H2,(H2,27,30). The predicted octanol–water partition coefficient (Wildman–Crippen LogP) is 3.86. The second-order valence-electron chi connectivity index (χ2n) is 8.91. The molecule has 2 N–H and O–H groups in total. The van der Waals surface area contributed by atoms with Crippen LogP contribution < -0.4 is 10.5 Å². The number of fused-ring (bicyclic) bond motifs is 3. The molecule has 1 atom stereocenters. The average Bonchev–Trinajstić information content (AvgIpc) is 2.79. The van der Waals surface area contributed by atoms with Crippen LogP contribution in [0.2, 0.25) is 0 Å². The Morgan fingerprint density at radius 3 is 2.68 bits per heavy atom. The van der Waals surface area contributed by atoms with Crippen molar-refractivity contribution in [3.63, 3.8) is 0 Å². The zero-order chi connectivity index (χ0) is 21.5. The number of hydrogen-bond acceptors (Lipinski definition) is 4. The Morgan fingerprint density at radius 1 is 0.968 bits per heavy atom. The highest BCUT2D eigenvalue weighted by Crippen LogP contribution is 2.23. The van der Waals surface area contributed by atoms with E-state index >= 15 is 0 Å². The second-order valence-corrected chi connectivity index (χ2v) is 8.91. The number of aryl methyl sites for hydroxylation is 1. The third-order valence-electron chi connectivity index (χ3n) is 6.65. The Balaban J connectivity index is 1.45. The summed E-state index contributed by atoms with van der Waals surface area (Å²) in [5.41, 5.74) is 8.56. The number of carbonyl (C=O) groups is 1. The first kappa shape index (κ1) is 21.8. The van der Waals surface area contributed by atoms with Gasteiger partial charge in [0.25, 0.3) is 0 Å². The molecule has 1 unspecified atom stereocenters. The Morgan fingerprint density at radius 2 is 1.84 bits per heavy atom. The van der Waals surface area contributed by atoms with Crippen molar-refractivity contribution >= 4 is 5.91 Å². The van der Waals surface area contributed by atoms with Crippen molar-refractivity contribution in [1.82, 2.24) is 9.80 Å². The second kappa shape index (κ2) is 10.8. The van der Waals surface area contributed by atoms with Crippen LogP contribution in [-0.4, -0.2) is 54.5 Å². The number of nitrogens with two attached hydrogens (primary N) is 1. The lowest BCUT2D eigenvalue weighted by Crippen LogP contribution is -2.44. The molecule has 0 spiro atoms. The lowest BCUT2D eigenvalue weighted by molar-refractivity contribution is 0.1000. The van der Waals surface area contributed by atoms with Crippen molar-refractivity contribution < 1.29 is 9.53 Å². The summed E-state index contributed by atoms with van der Waals surface area (Å²) < 4.78 is 6.05. The van der Waals surface area contributed by atoms with Crippen LogP contribution in [0.1, 0.15) is 53.6 Å². The summed E-state index contributed by atoms with van der Waals surface area (Å²) in [7, 11) is 0. The van der Waals surface area contributed by atoms with E-state index in [0.29, 0.717) is 11.6 Å². The first-order valence-corrected chi connectivity index (χ1v) is 11.7. The van der Waals surface area contributed by atoms with Crippen LogP contribution in [0.15, 0.2) is 48.5 Å². The molecular formula is C26H35N3O2. The van der Waals surface area contributed by atoms with Gasteiger partial charge in [-0.25, -0.2) is 0 Å². The maximum absolute atomic E-state index is 11.4. The monoisotopic (exact) mass is 421 g/mol. The fraction of sp³-hybridized carbons (Fsp3) is 0.500. The van der Waals surface area contributed by atoms with Gasteiger partial charge in [-0.15, -0.1) is 0 Å². The van der Waals surface area contributed by atoms with Gasteiger partial charge in [0.05, 0.1) is 6.61 Å². The highest BCUT2D eigenvalue weighted by molar-refractivity contribution is 5.92. The highest BCUT2D eigenvalue weighted by atomic mass is 16.5. The first-order chi connectivity index (χ1) is 15.2. The van der Waals surface area contributed by atoms with Gasteiger partial charge in [-0.05, 0) is 74.0 Å². The van der Waals surface area contributed by atoms with Crippen LogP contribution in [-0.2, 0) is 13.0 Å². The van der Waals surface area contributed by atoms with E-state index in [9.17, 15) is 4.79 Å². The summed E-state index contributed by atoms with van der Waals surface area (Å²) in [5, 5.41) is 0. The lowest BCUT2D eigenvalue weighted by atomic mass is 9.95. The third-order valence-corrected chi connectivity index (χ3v) is 6.65. The van der Waals surface area contributed by atoms with E-state index in [2.05, 4.69) is 34.1 Å². The summed E-state index contributed by atoms with van der Waals surface area (Å²) in [5.74, 6) is 0.617. The van der Waals surface area contributed by atoms with Gasteiger partial charge in [0, 0.05) is 37.8 Å². The topological polar surface area (TPSA) is 58.8 Å². The first-order valence-electron chi connectivity index (χ1n) is 11.7. The summed E-state index contributed by atoms with van der Waals surface area (Å²) in [6.45, 7) is 6.00. The van der Waals surface area contributed by atoms with E-state index in [1.54, 1.807) is 0 Å². The van der Waals surface area contributed by atoms with E-state index in [4.69, 9.17) is 10.5 Å². The lowest BCUT2D eigenvalue weighted by Gasteiger charge is -2.37. The van der Waals surface area contributed by atoms with Crippen molar-refractivity contribution in [3.8, 4) is 5.75 Å². The molecule has 5 nitrogen and oxygen atoms in total. The summed E-state index contributed by atoms with van der Waals surface area (Å²) >= 11 is 0. The maximum atomic E-state index is 11.4. The summed E-state index contributed by atoms with van der Waals surface area (Å²) in [4.78, 5) is 16.6. The van der Waals surface area contributed by atoms with Gasteiger partial charge in [-0.1, -0.05) is 30.7 Å². The molecule has 4 rings (SSSR count). The van der Waals surface area contributed by atoms with Crippen molar-refractivity contribution in [3.05, 3.63) is 65.2 Å². The van der Waals surface area contributed by atoms with Crippen LogP contribution in [0.5, 0.6) is 5.75 Å². The molecule has 1 saturated heterocycles. The van der Waals surface area contributed by atoms with Crippen molar-refractivity contribution in [2.75, 3.05) is 32.8 Å². The Kier molecular flexibility index (Phi) is 7.60. The van der Waals surface area contributed by atoms with Crippen molar-refractivity contribution in [2.45, 2.75) is 51.1 Å². The number of ether oxygens (including phenoxy) is 1. The van der Waals surface area contributed by atoms with Crippen molar-refractivity contribution in [1.29, 1.82) is 0 Å². The largest absolute Gasteiger partial charge is 0.494 e. The molecule has 0 radical (unpaired) electrons. The molecule has 2 aliphatic rings. The van der Waals surface area contributed by atoms with Gasteiger partial charge < -0.3 is 10.5 Å². The fourth-order valence-electron chi connectivity index (χ4n) is 4.86. The summed E-state index contributed by atoms with van der Waals surface area (Å²) in [6, 6.07) is 17.0. The number of amides is 1. The van der Waals surface area contributed by atoms with E-state index in [0.717, 1.165) is 51.4 Å². The minimum atomic E-state index is -0.373. The number of carbonyl (C=O) groups excluding carboxylic acids is 1. The van der Waals surface area contributed by atoms with Gasteiger partial charge in [0.15, 0.2) is 0 Å². The smallest absolute Gasteiger partial charge is 0.248 e. The zero-order valence-corrected chi connectivity index (χ0v) is 18.5. The molecule has 5 heteroatoms. The van der Waals surface area contributed by atoms with Gasteiger partial charge in [0.1, 0.15) is 5.75 Å². The van der Waals surface area contributed by atoms with E-state index < -0.39 is 0 Å². The van der Waals surface area contributed by atoms with Crippen molar-refractivity contribution in [2.24, 2.45) is 5.73 Å². The number of hydrogen-bond donors (Lipinski definition) is 1. The van der Waals surface area contributed by atoms with Crippen LogP contribution in [0.3, 0.4) is 0 Å². The molecule has 31 heavy (non-hydrogen) atoms. The molecule has 166 valence electrons. The number of benzene rings is 2. The fourth-order valence-corrected chi connectivity index (χ4v) is 4.86. The average molecular weight is 422 g/mol. The Labute approximate surface area is 186 Å². The molecule has 2 aromatic rings. The van der Waals surface area contributed by atoms with Crippen LogP contribution in [0.25, 0.3) is 0 Å². The van der Waals surface area contributed by atoms with E-state index in [-0.39, 0.29) is 5.91 Å². The van der Waals surface area contributed by atoms with Gasteiger partial charge >= 0.3 is 0 Å². The number of rotatable bonds is 3. The normalized spacial score (nSPS) is 21.5. The van der Waals surface area contributed by atoms with Crippen LogP contribution in [0.4, 0.5) is 0 Å². The van der Waals surface area contributed by atoms with Gasteiger partial charge in [-0.3, -0.25) is 14.6 Å². The van der Waals surface area contributed by atoms with Crippen LogP contribution >= 0.6 is 0 Å². The van der Waals surface area contributed by atoms with Gasteiger partial charge in [0.2, 0.25) is 5.91 Å². The Bertz CT molecular complexity index is 852. The maximum Gasteiger partial charge on any atom is 0.248 e. The summed E-state index contributed by atoms with van der Waals surface area (Å²) in [6.07, 6.45) is 7.30. The molecule has 0 aromatic heterocycles. The molecule has 2 aromatic carbocycles. The molecule has 2 bridgehead atoms. The zero-order valence-electron chi connectivity index (χ0n) is 18.5. The third kappa shape index (κ3) is 6.31. The molecular weight excluding hydrogens is 386 g/mol. The SMILES string of the molecule is NC(=O)c1ccc(CN2CCCOc3cccc(c3)CCC3CCCCN3CC2)cc1. The number of piperidine rings is 1. The molecule has 0 saturated carbocycles. The quantitative estimate of drug-likeness (QED) is 0.818. The molecule has 1 fully saturated rings.